The van der Waals surface area contributed by atoms with Crippen LogP contribution in [0.1, 0.15) is 20.3 Å². The summed E-state index contributed by atoms with van der Waals surface area (Å²) in [7, 11) is 0. The lowest BCUT2D eigenvalue weighted by Gasteiger charge is -2.24. The van der Waals surface area contributed by atoms with E-state index in [0.29, 0.717) is 13.0 Å². The first kappa shape index (κ1) is 11.4. The molecule has 5 heteroatoms. The lowest BCUT2D eigenvalue weighted by molar-refractivity contribution is -0.149. The standard InChI is InChI=1S/C9H15NO3S/c1-5(2)8(11)10-4-3-6(14)7(10)9(12)13/h5-7,14H,3-4H2,1-2H3,(H,12,13)/t6?,7-/m0/s1. The van der Waals surface area contributed by atoms with Crippen molar-refractivity contribution in [2.75, 3.05) is 6.54 Å². The van der Waals surface area contributed by atoms with Crippen molar-refractivity contribution >= 4 is 24.5 Å². The van der Waals surface area contributed by atoms with Gasteiger partial charge in [0.25, 0.3) is 0 Å². The van der Waals surface area contributed by atoms with Crippen molar-refractivity contribution < 1.29 is 14.7 Å². The summed E-state index contributed by atoms with van der Waals surface area (Å²) in [6.45, 7) is 4.04. The molecule has 1 saturated heterocycles. The molecule has 0 aromatic rings. The van der Waals surface area contributed by atoms with Gasteiger partial charge in [-0.2, -0.15) is 12.6 Å². The number of nitrogens with zero attached hydrogens (tertiary/aromatic N) is 1. The number of rotatable bonds is 2. The number of amides is 1. The van der Waals surface area contributed by atoms with Crippen LogP contribution in [0.4, 0.5) is 0 Å². The van der Waals surface area contributed by atoms with Crippen molar-refractivity contribution in [2.24, 2.45) is 5.92 Å². The second-order valence-electron chi connectivity index (χ2n) is 3.83. The van der Waals surface area contributed by atoms with Gasteiger partial charge in [-0.25, -0.2) is 4.79 Å². The smallest absolute Gasteiger partial charge is 0.327 e. The number of carboxylic acid groups (broad SMARTS) is 1. The summed E-state index contributed by atoms with van der Waals surface area (Å²) < 4.78 is 0. The zero-order chi connectivity index (χ0) is 10.9. The van der Waals surface area contributed by atoms with Crippen LogP contribution in [0.25, 0.3) is 0 Å². The van der Waals surface area contributed by atoms with Gasteiger partial charge < -0.3 is 10.0 Å². The molecular weight excluding hydrogens is 202 g/mol. The van der Waals surface area contributed by atoms with Crippen LogP contribution in [0, 0.1) is 5.92 Å². The lowest BCUT2D eigenvalue weighted by atomic mass is 10.1. The minimum Gasteiger partial charge on any atom is -0.480 e. The predicted molar refractivity (Wildman–Crippen MR) is 55.4 cm³/mol. The predicted octanol–water partition coefficient (Wildman–Crippen LogP) is 0.626. The maximum absolute atomic E-state index is 11.6. The molecule has 0 saturated carbocycles. The first-order valence-electron chi connectivity index (χ1n) is 4.66. The number of hydrogen-bond donors (Lipinski definition) is 2. The first-order valence-corrected chi connectivity index (χ1v) is 5.18. The van der Waals surface area contributed by atoms with Crippen LogP contribution in [0.5, 0.6) is 0 Å². The van der Waals surface area contributed by atoms with Gasteiger partial charge in [0.15, 0.2) is 0 Å². The summed E-state index contributed by atoms with van der Waals surface area (Å²) in [6.07, 6.45) is 0.651. The van der Waals surface area contributed by atoms with Crippen LogP contribution >= 0.6 is 12.6 Å². The van der Waals surface area contributed by atoms with E-state index >= 15 is 0 Å². The van der Waals surface area contributed by atoms with Gasteiger partial charge in [-0.15, -0.1) is 0 Å². The lowest BCUT2D eigenvalue weighted by Crippen LogP contribution is -2.45. The Bertz CT molecular complexity index is 254. The van der Waals surface area contributed by atoms with E-state index in [0.717, 1.165) is 0 Å². The summed E-state index contributed by atoms with van der Waals surface area (Å²) >= 11 is 4.17. The van der Waals surface area contributed by atoms with E-state index in [1.807, 2.05) is 0 Å². The molecule has 1 rings (SSSR count). The second-order valence-corrected chi connectivity index (χ2v) is 4.49. The molecule has 0 radical (unpaired) electrons. The first-order chi connectivity index (χ1) is 6.45. The van der Waals surface area contributed by atoms with Gasteiger partial charge >= 0.3 is 5.97 Å². The fourth-order valence-corrected chi connectivity index (χ4v) is 2.06. The fraction of sp³-hybridized carbons (Fsp3) is 0.778. The minimum absolute atomic E-state index is 0.103. The molecule has 0 aromatic heterocycles. The molecule has 1 aliphatic rings. The largest absolute Gasteiger partial charge is 0.480 e. The molecule has 1 N–H and O–H groups in total. The van der Waals surface area contributed by atoms with Gasteiger partial charge in [0, 0.05) is 17.7 Å². The quantitative estimate of drug-likeness (QED) is 0.667. The Labute approximate surface area is 88.7 Å². The van der Waals surface area contributed by atoms with Crippen LogP contribution in [0.3, 0.4) is 0 Å². The Kier molecular flexibility index (Phi) is 3.42. The Morgan fingerprint density at radius 1 is 1.50 bits per heavy atom. The molecule has 0 spiro atoms. The van der Waals surface area contributed by atoms with Gasteiger partial charge in [0.1, 0.15) is 6.04 Å². The highest BCUT2D eigenvalue weighted by molar-refractivity contribution is 7.81. The monoisotopic (exact) mass is 217 g/mol. The maximum Gasteiger partial charge on any atom is 0.327 e. The molecular formula is C9H15NO3S. The third-order valence-corrected chi connectivity index (χ3v) is 2.94. The minimum atomic E-state index is -0.962. The van der Waals surface area contributed by atoms with E-state index in [4.69, 9.17) is 5.11 Å². The average molecular weight is 217 g/mol. The molecule has 0 aromatic carbocycles. The number of aliphatic carboxylic acids is 1. The van der Waals surface area contributed by atoms with Crippen molar-refractivity contribution in [3.05, 3.63) is 0 Å². The number of carbonyl (C=O) groups excluding carboxylic acids is 1. The van der Waals surface area contributed by atoms with Crippen LogP contribution < -0.4 is 0 Å². The third-order valence-electron chi connectivity index (χ3n) is 2.40. The summed E-state index contributed by atoms with van der Waals surface area (Å²) in [5.41, 5.74) is 0. The van der Waals surface area contributed by atoms with Crippen LogP contribution in [-0.4, -0.2) is 39.7 Å². The van der Waals surface area contributed by atoms with E-state index in [1.54, 1.807) is 13.8 Å². The Morgan fingerprint density at radius 2 is 2.07 bits per heavy atom. The van der Waals surface area contributed by atoms with E-state index in [2.05, 4.69) is 12.6 Å². The topological polar surface area (TPSA) is 57.6 Å². The van der Waals surface area contributed by atoms with Gasteiger partial charge in [0.05, 0.1) is 0 Å². The van der Waals surface area contributed by atoms with E-state index in [-0.39, 0.29) is 17.1 Å². The number of carboxylic acids is 1. The molecule has 2 atom stereocenters. The van der Waals surface area contributed by atoms with Crippen LogP contribution in [0.15, 0.2) is 0 Å². The zero-order valence-electron chi connectivity index (χ0n) is 8.30. The van der Waals surface area contributed by atoms with Crippen molar-refractivity contribution in [2.45, 2.75) is 31.6 Å². The van der Waals surface area contributed by atoms with Crippen molar-refractivity contribution in [1.82, 2.24) is 4.90 Å². The highest BCUT2D eigenvalue weighted by Crippen LogP contribution is 2.24. The number of likely N-dealkylation sites (tertiary alicyclic amines) is 1. The molecule has 1 aliphatic heterocycles. The average Bonchev–Trinajstić information content (AvgIpc) is 2.45. The van der Waals surface area contributed by atoms with Crippen molar-refractivity contribution in [3.63, 3.8) is 0 Å². The van der Waals surface area contributed by atoms with Crippen LogP contribution in [0.2, 0.25) is 0 Å². The van der Waals surface area contributed by atoms with Crippen molar-refractivity contribution in [1.29, 1.82) is 0 Å². The molecule has 1 amide bonds. The Balaban J connectivity index is 2.79. The second kappa shape index (κ2) is 4.21. The zero-order valence-corrected chi connectivity index (χ0v) is 9.20. The highest BCUT2D eigenvalue weighted by atomic mass is 32.1. The summed E-state index contributed by atoms with van der Waals surface area (Å²) in [5.74, 6) is -1.22. The number of thiol groups is 1. The van der Waals surface area contributed by atoms with E-state index < -0.39 is 12.0 Å². The molecule has 1 unspecified atom stereocenters. The SMILES string of the molecule is CC(C)C(=O)N1CCC(S)[C@H]1C(=O)O. The van der Waals surface area contributed by atoms with Gasteiger partial charge in [-0.05, 0) is 6.42 Å². The normalized spacial score (nSPS) is 27.0. The molecule has 1 heterocycles. The Morgan fingerprint density at radius 3 is 2.50 bits per heavy atom. The Hall–Kier alpha value is -0.710. The van der Waals surface area contributed by atoms with Gasteiger partial charge in [0.2, 0.25) is 5.91 Å². The summed E-state index contributed by atoms with van der Waals surface area (Å²) in [5, 5.41) is 8.70. The molecule has 4 nitrogen and oxygen atoms in total. The summed E-state index contributed by atoms with van der Waals surface area (Å²) in [4.78, 5) is 24.0. The van der Waals surface area contributed by atoms with Gasteiger partial charge in [-0.3, -0.25) is 4.79 Å². The highest BCUT2D eigenvalue weighted by Gasteiger charge is 2.40. The molecule has 0 bridgehead atoms. The number of hydrogen-bond acceptors (Lipinski definition) is 3. The molecule has 14 heavy (non-hydrogen) atoms. The van der Waals surface area contributed by atoms with Gasteiger partial charge in [-0.1, -0.05) is 13.8 Å². The molecule has 0 aliphatic carbocycles. The van der Waals surface area contributed by atoms with E-state index in [1.165, 1.54) is 4.90 Å². The summed E-state index contributed by atoms with van der Waals surface area (Å²) in [6, 6.07) is -0.756. The van der Waals surface area contributed by atoms with E-state index in [9.17, 15) is 9.59 Å². The molecule has 80 valence electrons. The van der Waals surface area contributed by atoms with Crippen molar-refractivity contribution in [3.8, 4) is 0 Å². The maximum atomic E-state index is 11.6. The third kappa shape index (κ3) is 2.03. The van der Waals surface area contributed by atoms with Crippen LogP contribution in [-0.2, 0) is 9.59 Å². The molecule has 1 fully saturated rings. The number of carbonyl (C=O) groups is 2. The fourth-order valence-electron chi connectivity index (χ4n) is 1.65.